The normalized spacial score (nSPS) is 32.0. The molecule has 37 heavy (non-hydrogen) atoms. The number of benzene rings is 2. The molecule has 7 atom stereocenters. The maximum absolute atomic E-state index is 13.7. The fourth-order valence-corrected chi connectivity index (χ4v) is 10.2. The molecule has 3 fully saturated rings. The zero-order valence-electron chi connectivity index (χ0n) is 18.9. The molecule has 11 heteroatoms. The number of thioether (sulfide) groups is 1. The van der Waals surface area contributed by atoms with E-state index >= 15 is 0 Å². The Morgan fingerprint density at radius 3 is 2.38 bits per heavy atom. The summed E-state index contributed by atoms with van der Waals surface area (Å²) in [5.74, 6) is -2.35. The molecule has 2 aromatic carbocycles. The Labute approximate surface area is 222 Å². The number of aromatic amines is 1. The van der Waals surface area contributed by atoms with Crippen molar-refractivity contribution in [1.29, 1.82) is 0 Å². The van der Waals surface area contributed by atoms with Gasteiger partial charge in [0.25, 0.3) is 0 Å². The molecule has 0 spiro atoms. The van der Waals surface area contributed by atoms with Gasteiger partial charge in [-0.05, 0) is 60.1 Å². The molecule has 1 saturated heterocycles. The van der Waals surface area contributed by atoms with Crippen molar-refractivity contribution in [1.82, 2.24) is 4.98 Å². The van der Waals surface area contributed by atoms with Gasteiger partial charge in [-0.2, -0.15) is 13.2 Å². The number of imide groups is 1. The molecule has 1 N–H and O–H groups in total. The summed E-state index contributed by atoms with van der Waals surface area (Å²) in [6, 6.07) is 11.9. The lowest BCUT2D eigenvalue weighted by molar-refractivity contribution is -0.137. The third-order valence-corrected chi connectivity index (χ3v) is 11.2. The van der Waals surface area contributed by atoms with Gasteiger partial charge in [-0.1, -0.05) is 41.1 Å². The number of carbonyl (C=O) groups excluding carboxylic acids is 2. The number of anilines is 1. The van der Waals surface area contributed by atoms with Gasteiger partial charge in [0.15, 0.2) is 0 Å². The number of rotatable bonds is 2. The van der Waals surface area contributed by atoms with Crippen molar-refractivity contribution in [2.24, 2.45) is 29.6 Å². The van der Waals surface area contributed by atoms with E-state index in [0.717, 1.165) is 32.5 Å². The molecule has 1 aromatic heterocycles. The number of fused-ring (bicyclic) bond motifs is 9. The summed E-state index contributed by atoms with van der Waals surface area (Å²) in [6.45, 7) is 0. The van der Waals surface area contributed by atoms with E-state index in [2.05, 4.69) is 4.98 Å². The smallest absolute Gasteiger partial charge is 0.307 e. The van der Waals surface area contributed by atoms with E-state index in [9.17, 15) is 27.6 Å². The van der Waals surface area contributed by atoms with Gasteiger partial charge in [-0.15, -0.1) is 11.8 Å². The highest BCUT2D eigenvalue weighted by Gasteiger charge is 2.69. The van der Waals surface area contributed by atoms with Gasteiger partial charge in [0.05, 0.1) is 28.1 Å². The van der Waals surface area contributed by atoms with Crippen molar-refractivity contribution >= 4 is 52.2 Å². The molecule has 3 aromatic rings. The number of carbonyl (C=O) groups is 2. The van der Waals surface area contributed by atoms with E-state index in [1.165, 1.54) is 23.5 Å². The Balaban J connectivity index is 1.30. The molecule has 2 bridgehead atoms. The van der Waals surface area contributed by atoms with Gasteiger partial charge in [-0.3, -0.25) is 19.3 Å². The van der Waals surface area contributed by atoms with Crippen molar-refractivity contribution < 1.29 is 22.8 Å². The molecular formula is C26H18ClF3N2O3S2. The second-order valence-corrected chi connectivity index (χ2v) is 12.7. The number of alkyl halides is 3. The summed E-state index contributed by atoms with van der Waals surface area (Å²) in [6.07, 6.45) is -3.88. The van der Waals surface area contributed by atoms with Crippen LogP contribution in [0, 0.1) is 29.6 Å². The minimum Gasteiger partial charge on any atom is -0.307 e. The highest BCUT2D eigenvalue weighted by atomic mass is 35.5. The van der Waals surface area contributed by atoms with E-state index in [4.69, 9.17) is 11.6 Å². The van der Waals surface area contributed by atoms with Crippen molar-refractivity contribution in [2.75, 3.05) is 4.90 Å². The largest absolute Gasteiger partial charge is 0.416 e. The number of nitrogens with one attached hydrogen (secondary N) is 1. The van der Waals surface area contributed by atoms with Crippen LogP contribution in [0.2, 0.25) is 5.02 Å². The first-order chi connectivity index (χ1) is 17.6. The average Bonchev–Trinajstić information content (AvgIpc) is 3.58. The lowest BCUT2D eigenvalue weighted by atomic mass is 9.68. The van der Waals surface area contributed by atoms with Gasteiger partial charge >= 0.3 is 11.0 Å². The zero-order valence-corrected chi connectivity index (χ0v) is 21.3. The van der Waals surface area contributed by atoms with Crippen LogP contribution in [-0.4, -0.2) is 22.0 Å². The molecule has 5 nitrogen and oxygen atoms in total. The van der Waals surface area contributed by atoms with Crippen molar-refractivity contribution in [3.8, 4) is 0 Å². The molecule has 2 amide bonds. The molecule has 0 unspecified atom stereocenters. The van der Waals surface area contributed by atoms with Crippen LogP contribution < -0.4 is 9.77 Å². The van der Waals surface area contributed by atoms with Crippen LogP contribution in [0.4, 0.5) is 18.9 Å². The molecule has 2 aliphatic heterocycles. The Kier molecular flexibility index (Phi) is 5.07. The maximum atomic E-state index is 13.7. The number of halogens is 4. The number of H-pyrrole nitrogens is 1. The number of amides is 2. The molecule has 7 rings (SSSR count). The summed E-state index contributed by atoms with van der Waals surface area (Å²) in [5, 5.41) is 1.39. The quantitative estimate of drug-likeness (QED) is 0.402. The monoisotopic (exact) mass is 562 g/mol. The number of aromatic nitrogens is 1. The van der Waals surface area contributed by atoms with Crippen LogP contribution in [0.25, 0.3) is 0 Å². The predicted octanol–water partition coefficient (Wildman–Crippen LogP) is 5.79. The fourth-order valence-electron chi connectivity index (χ4n) is 7.14. The second-order valence-electron chi connectivity index (χ2n) is 10.1. The summed E-state index contributed by atoms with van der Waals surface area (Å²) in [4.78, 5) is 44.3. The summed E-state index contributed by atoms with van der Waals surface area (Å²) >= 11 is 8.87. The van der Waals surface area contributed by atoms with E-state index in [1.807, 2.05) is 12.1 Å². The molecule has 3 heterocycles. The van der Waals surface area contributed by atoms with E-state index in [1.54, 1.807) is 23.9 Å². The average molecular weight is 563 g/mol. The zero-order chi connectivity index (χ0) is 25.8. The van der Waals surface area contributed by atoms with Crippen LogP contribution in [0.3, 0.4) is 0 Å². The van der Waals surface area contributed by atoms with Crippen LogP contribution in [-0.2, 0) is 15.8 Å². The van der Waals surface area contributed by atoms with Gasteiger partial charge in [0.1, 0.15) is 0 Å². The summed E-state index contributed by atoms with van der Waals surface area (Å²) < 4.78 is 40.0. The Bertz CT molecular complexity index is 1520. The highest BCUT2D eigenvalue weighted by molar-refractivity contribution is 8.00. The summed E-state index contributed by atoms with van der Waals surface area (Å²) in [7, 11) is 0. The van der Waals surface area contributed by atoms with Gasteiger partial charge in [-0.25, -0.2) is 0 Å². The lowest BCUT2D eigenvalue weighted by Crippen LogP contribution is -2.42. The number of nitrogens with zero attached hydrogens (tertiary/aromatic N) is 1. The first-order valence-electron chi connectivity index (χ1n) is 11.8. The third-order valence-electron chi connectivity index (χ3n) is 8.38. The molecule has 190 valence electrons. The number of hydrogen-bond donors (Lipinski definition) is 1. The Morgan fingerprint density at radius 2 is 1.68 bits per heavy atom. The van der Waals surface area contributed by atoms with Crippen molar-refractivity contribution in [2.45, 2.75) is 28.8 Å². The predicted molar refractivity (Wildman–Crippen MR) is 134 cm³/mol. The van der Waals surface area contributed by atoms with Gasteiger partial charge in [0.2, 0.25) is 11.8 Å². The van der Waals surface area contributed by atoms with Crippen LogP contribution >= 0.6 is 34.7 Å². The van der Waals surface area contributed by atoms with Crippen molar-refractivity contribution in [3.05, 3.63) is 79.2 Å². The number of thiazole rings is 1. The lowest BCUT2D eigenvalue weighted by Gasteiger charge is -2.43. The van der Waals surface area contributed by atoms with E-state index in [0.29, 0.717) is 11.4 Å². The molecule has 4 aliphatic rings. The minimum atomic E-state index is -4.58. The van der Waals surface area contributed by atoms with E-state index in [-0.39, 0.29) is 39.5 Å². The minimum absolute atomic E-state index is 0.00267. The van der Waals surface area contributed by atoms with Crippen LogP contribution in [0.15, 0.2) is 58.4 Å². The highest BCUT2D eigenvalue weighted by Crippen LogP contribution is 2.68. The molecule has 0 radical (unpaired) electrons. The Morgan fingerprint density at radius 1 is 0.973 bits per heavy atom. The van der Waals surface area contributed by atoms with Gasteiger partial charge in [0, 0.05) is 21.1 Å². The van der Waals surface area contributed by atoms with Crippen molar-refractivity contribution in [3.63, 3.8) is 0 Å². The summed E-state index contributed by atoms with van der Waals surface area (Å²) in [5.41, 5.74) is 0.0600. The first-order valence-corrected chi connectivity index (χ1v) is 13.9. The maximum Gasteiger partial charge on any atom is 0.416 e. The fraction of sp³-hybridized carbons (Fsp3) is 0.346. The SMILES string of the molecule is O=C1[C@H]2[C@@H]3C[C@H]([C@@H]2C(=O)N1c1cccc(C(F)(F)F)c1)[C@H]1[C@H](c2ccc(Cl)cc2)c2sc(=O)[nH]c2S[C@H]31. The topological polar surface area (TPSA) is 70.2 Å². The Hall–Kier alpha value is -2.56. The first kappa shape index (κ1) is 23.5. The van der Waals surface area contributed by atoms with E-state index < -0.39 is 35.4 Å². The standard InChI is InChI=1S/C26H18ClF3N2O3S2/c27-12-6-4-10(5-7-12)16-17-14-9-15(20(17)36-22-21(16)37-25(35)31-22)19-18(14)23(33)32(24(19)34)13-3-1-2-11(8-13)26(28,29)30/h1-8,14-20H,9H2,(H,31,35)/t14-,15-,16-,17-,18-,19-,20+/m0/s1. The third kappa shape index (κ3) is 3.34. The van der Waals surface area contributed by atoms with Gasteiger partial charge < -0.3 is 4.98 Å². The van der Waals surface area contributed by atoms with Crippen LogP contribution in [0.5, 0.6) is 0 Å². The van der Waals surface area contributed by atoms with Crippen LogP contribution in [0.1, 0.15) is 28.3 Å². The number of hydrogen-bond acceptors (Lipinski definition) is 5. The molecule has 2 saturated carbocycles. The molecule has 2 aliphatic carbocycles. The molecular weight excluding hydrogens is 545 g/mol. The second kappa shape index (κ2) is 7.97.